The monoisotopic (exact) mass is 297 g/mol. The molecule has 0 bridgehead atoms. The molecule has 0 aliphatic heterocycles. The van der Waals surface area contributed by atoms with Gasteiger partial charge in [-0.05, 0) is 25.5 Å². The average Bonchev–Trinajstić information content (AvgIpc) is 2.47. The molecule has 2 unspecified atom stereocenters. The molecule has 1 heterocycles. The summed E-state index contributed by atoms with van der Waals surface area (Å²) >= 11 is 1.94. The molecule has 0 aromatic carbocycles. The Morgan fingerprint density at radius 2 is 1.95 bits per heavy atom. The molecule has 0 radical (unpaired) electrons. The third kappa shape index (κ3) is 3.86. The van der Waals surface area contributed by atoms with Crippen LogP contribution in [0.2, 0.25) is 0 Å². The number of thioether (sulfide) groups is 1. The molecule has 7 nitrogen and oxygen atoms in total. The van der Waals surface area contributed by atoms with Gasteiger partial charge in [-0.25, -0.2) is 5.84 Å². The van der Waals surface area contributed by atoms with Crippen LogP contribution < -0.4 is 21.5 Å². The fourth-order valence-corrected chi connectivity index (χ4v) is 3.19. The Hall–Kier alpha value is -1.28. The van der Waals surface area contributed by atoms with Crippen molar-refractivity contribution in [2.45, 2.75) is 37.0 Å². The van der Waals surface area contributed by atoms with E-state index in [9.17, 15) is 0 Å². The zero-order valence-electron chi connectivity index (χ0n) is 12.3. The van der Waals surface area contributed by atoms with Crippen molar-refractivity contribution in [3.8, 4) is 0 Å². The van der Waals surface area contributed by atoms with Crippen LogP contribution in [-0.2, 0) is 0 Å². The minimum absolute atomic E-state index is 0.378. The highest BCUT2D eigenvalue weighted by atomic mass is 32.2. The van der Waals surface area contributed by atoms with Crippen LogP contribution in [0, 0.1) is 0 Å². The standard InChI is InChI=1S/C12H23N7S/c1-19(2)12-16-10(15-11(17-12)18-13)14-8-5-4-6-9(7-8)20-3/h8-9H,4-7,13H2,1-3H3,(H2,14,15,16,17,18). The number of hydrazine groups is 1. The topological polar surface area (TPSA) is 92.0 Å². The highest BCUT2D eigenvalue weighted by Gasteiger charge is 2.22. The molecule has 0 amide bonds. The number of aromatic nitrogens is 3. The molecular formula is C12H23N7S. The number of anilines is 3. The largest absolute Gasteiger partial charge is 0.351 e. The van der Waals surface area contributed by atoms with Crippen molar-refractivity contribution in [2.75, 3.05) is 36.0 Å². The molecule has 0 saturated heterocycles. The highest BCUT2D eigenvalue weighted by Crippen LogP contribution is 2.28. The van der Waals surface area contributed by atoms with Gasteiger partial charge in [-0.2, -0.15) is 26.7 Å². The van der Waals surface area contributed by atoms with E-state index in [4.69, 9.17) is 5.84 Å². The van der Waals surface area contributed by atoms with Crippen LogP contribution in [0.25, 0.3) is 0 Å². The summed E-state index contributed by atoms with van der Waals surface area (Å²) in [5, 5.41) is 4.14. The second-order valence-electron chi connectivity index (χ2n) is 5.19. The van der Waals surface area contributed by atoms with Gasteiger partial charge in [0.2, 0.25) is 17.8 Å². The van der Waals surface area contributed by atoms with Crippen molar-refractivity contribution in [1.82, 2.24) is 15.0 Å². The van der Waals surface area contributed by atoms with Gasteiger partial charge < -0.3 is 10.2 Å². The number of hydrogen-bond acceptors (Lipinski definition) is 8. The molecule has 1 aromatic heterocycles. The van der Waals surface area contributed by atoms with E-state index in [1.807, 2.05) is 30.8 Å². The molecular weight excluding hydrogens is 274 g/mol. The first-order valence-electron chi connectivity index (χ1n) is 6.81. The van der Waals surface area contributed by atoms with E-state index in [0.717, 1.165) is 18.1 Å². The van der Waals surface area contributed by atoms with E-state index in [2.05, 4.69) is 32.0 Å². The minimum Gasteiger partial charge on any atom is -0.351 e. The normalized spacial score (nSPS) is 22.4. The molecule has 1 saturated carbocycles. The Bertz CT molecular complexity index is 440. The van der Waals surface area contributed by atoms with E-state index in [1.54, 1.807) is 0 Å². The zero-order valence-corrected chi connectivity index (χ0v) is 13.1. The van der Waals surface area contributed by atoms with Gasteiger partial charge in [-0.1, -0.05) is 6.42 Å². The number of nitrogens with one attached hydrogen (secondary N) is 2. The number of hydrogen-bond donors (Lipinski definition) is 3. The number of nitrogen functional groups attached to an aromatic ring is 1. The van der Waals surface area contributed by atoms with Crippen LogP contribution in [0.4, 0.5) is 17.8 Å². The van der Waals surface area contributed by atoms with Crippen molar-refractivity contribution in [1.29, 1.82) is 0 Å². The van der Waals surface area contributed by atoms with E-state index >= 15 is 0 Å². The Morgan fingerprint density at radius 3 is 2.60 bits per heavy atom. The first-order valence-corrected chi connectivity index (χ1v) is 8.10. The summed E-state index contributed by atoms with van der Waals surface area (Å²) in [5.41, 5.74) is 2.49. The Labute approximate surface area is 124 Å². The molecule has 0 spiro atoms. The predicted octanol–water partition coefficient (Wildman–Crippen LogP) is 1.31. The van der Waals surface area contributed by atoms with Gasteiger partial charge in [0.15, 0.2) is 0 Å². The SMILES string of the molecule is CSC1CCCC(Nc2nc(NN)nc(N(C)C)n2)C1. The van der Waals surface area contributed by atoms with E-state index in [-0.39, 0.29) is 0 Å². The summed E-state index contributed by atoms with van der Waals surface area (Å²) in [7, 11) is 3.79. The molecule has 4 N–H and O–H groups in total. The zero-order chi connectivity index (χ0) is 14.5. The van der Waals surface area contributed by atoms with E-state index in [0.29, 0.717) is 23.9 Å². The first kappa shape index (κ1) is 15.1. The fourth-order valence-electron chi connectivity index (χ4n) is 2.37. The van der Waals surface area contributed by atoms with Crippen LogP contribution in [0.3, 0.4) is 0 Å². The van der Waals surface area contributed by atoms with Gasteiger partial charge in [0.05, 0.1) is 0 Å². The number of nitrogens with zero attached hydrogens (tertiary/aromatic N) is 4. The molecule has 1 fully saturated rings. The van der Waals surface area contributed by atoms with E-state index in [1.165, 1.54) is 12.8 Å². The van der Waals surface area contributed by atoms with Crippen LogP contribution in [0.15, 0.2) is 0 Å². The smallest absolute Gasteiger partial charge is 0.243 e. The summed E-state index contributed by atoms with van der Waals surface area (Å²) in [5.74, 6) is 6.97. The van der Waals surface area contributed by atoms with Gasteiger partial charge in [0.25, 0.3) is 0 Å². The van der Waals surface area contributed by atoms with Gasteiger partial charge in [-0.3, -0.25) is 5.43 Å². The van der Waals surface area contributed by atoms with Crippen LogP contribution in [-0.4, -0.2) is 46.6 Å². The van der Waals surface area contributed by atoms with Crippen molar-refractivity contribution >= 4 is 29.6 Å². The summed E-state index contributed by atoms with van der Waals surface area (Å²) in [4.78, 5) is 14.7. The lowest BCUT2D eigenvalue weighted by Gasteiger charge is -2.28. The summed E-state index contributed by atoms with van der Waals surface area (Å²) in [6, 6.07) is 0.421. The second kappa shape index (κ2) is 6.94. The highest BCUT2D eigenvalue weighted by molar-refractivity contribution is 7.99. The lowest BCUT2D eigenvalue weighted by molar-refractivity contribution is 0.471. The summed E-state index contributed by atoms with van der Waals surface area (Å²) in [6.45, 7) is 0. The van der Waals surface area contributed by atoms with Crippen LogP contribution >= 0.6 is 11.8 Å². The lowest BCUT2D eigenvalue weighted by atomic mass is 9.95. The van der Waals surface area contributed by atoms with Crippen LogP contribution in [0.5, 0.6) is 0 Å². The number of rotatable bonds is 5. The first-order chi connectivity index (χ1) is 9.62. The fraction of sp³-hybridized carbons (Fsp3) is 0.750. The molecule has 20 heavy (non-hydrogen) atoms. The van der Waals surface area contributed by atoms with Crippen LogP contribution in [0.1, 0.15) is 25.7 Å². The summed E-state index contributed by atoms with van der Waals surface area (Å²) in [6.07, 6.45) is 7.03. The third-order valence-electron chi connectivity index (χ3n) is 3.45. The number of nitrogens with two attached hydrogens (primary N) is 1. The van der Waals surface area contributed by atoms with Crippen molar-refractivity contribution in [2.24, 2.45) is 5.84 Å². The van der Waals surface area contributed by atoms with Crippen molar-refractivity contribution < 1.29 is 0 Å². The van der Waals surface area contributed by atoms with Gasteiger partial charge in [-0.15, -0.1) is 0 Å². The second-order valence-corrected chi connectivity index (χ2v) is 6.33. The maximum absolute atomic E-state index is 5.41. The predicted molar refractivity (Wildman–Crippen MR) is 85.1 cm³/mol. The molecule has 1 aliphatic rings. The maximum atomic E-state index is 5.41. The molecule has 8 heteroatoms. The maximum Gasteiger partial charge on any atom is 0.243 e. The molecule has 1 aliphatic carbocycles. The molecule has 2 rings (SSSR count). The lowest BCUT2D eigenvalue weighted by Crippen LogP contribution is -2.30. The summed E-state index contributed by atoms with van der Waals surface area (Å²) < 4.78 is 0. The van der Waals surface area contributed by atoms with Crippen molar-refractivity contribution in [3.63, 3.8) is 0 Å². The average molecular weight is 297 g/mol. The Kier molecular flexibility index (Phi) is 5.24. The molecule has 2 atom stereocenters. The Morgan fingerprint density at radius 1 is 1.20 bits per heavy atom. The van der Waals surface area contributed by atoms with Gasteiger partial charge in [0.1, 0.15) is 0 Å². The van der Waals surface area contributed by atoms with Gasteiger partial charge >= 0.3 is 0 Å². The van der Waals surface area contributed by atoms with Gasteiger partial charge in [0, 0.05) is 25.4 Å². The molecule has 112 valence electrons. The van der Waals surface area contributed by atoms with Crippen molar-refractivity contribution in [3.05, 3.63) is 0 Å². The Balaban J connectivity index is 2.09. The van der Waals surface area contributed by atoms with E-state index < -0.39 is 0 Å². The minimum atomic E-state index is 0.378. The molecule has 1 aromatic rings. The third-order valence-corrected chi connectivity index (χ3v) is 4.54. The quantitative estimate of drug-likeness (QED) is 0.553.